The Balaban J connectivity index is 0.00000220. The van der Waals surface area contributed by atoms with Crippen LogP contribution < -0.4 is 5.32 Å². The van der Waals surface area contributed by atoms with Crippen molar-refractivity contribution in [1.29, 1.82) is 0 Å². The highest BCUT2D eigenvalue weighted by Gasteiger charge is 2.27. The van der Waals surface area contributed by atoms with Crippen molar-refractivity contribution in [3.63, 3.8) is 0 Å². The van der Waals surface area contributed by atoms with E-state index in [1.807, 2.05) is 0 Å². The van der Waals surface area contributed by atoms with Gasteiger partial charge in [-0.15, -0.1) is 12.4 Å². The van der Waals surface area contributed by atoms with E-state index in [9.17, 15) is 18.5 Å². The van der Waals surface area contributed by atoms with E-state index < -0.39 is 14.9 Å². The molecule has 9 heteroatoms. The van der Waals surface area contributed by atoms with Crippen LogP contribution in [0.2, 0.25) is 0 Å². The number of nitro groups is 1. The van der Waals surface area contributed by atoms with Crippen molar-refractivity contribution in [3.05, 3.63) is 33.9 Å². The molecule has 1 N–H and O–H groups in total. The number of halogens is 1. The minimum absolute atomic E-state index is 0. The molecule has 1 aromatic rings. The second kappa shape index (κ2) is 7.17. The lowest BCUT2D eigenvalue weighted by molar-refractivity contribution is -0.385. The van der Waals surface area contributed by atoms with Gasteiger partial charge >= 0.3 is 0 Å². The van der Waals surface area contributed by atoms with Gasteiger partial charge in [-0.2, -0.15) is 4.31 Å². The van der Waals surface area contributed by atoms with E-state index in [-0.39, 0.29) is 23.0 Å². The third-order valence-electron chi connectivity index (χ3n) is 3.29. The molecule has 2 rings (SSSR count). The molecule has 0 aromatic heterocycles. The Hall–Kier alpha value is -1.22. The summed E-state index contributed by atoms with van der Waals surface area (Å²) in [7, 11) is -3.59. The standard InChI is InChI=1S/C12H17N3O4S.ClH/c1-10-9-11(15(16)17)3-4-12(10)20(18,19)14-7-2-5-13-6-8-14;/h3-4,9,13H,2,5-8H2,1H3;1H. The fourth-order valence-corrected chi connectivity index (χ4v) is 3.92. The van der Waals surface area contributed by atoms with Crippen molar-refractivity contribution >= 4 is 28.1 Å². The van der Waals surface area contributed by atoms with Gasteiger partial charge in [-0.1, -0.05) is 0 Å². The van der Waals surface area contributed by atoms with Crippen LogP contribution in [0.4, 0.5) is 5.69 Å². The van der Waals surface area contributed by atoms with Crippen molar-refractivity contribution in [2.45, 2.75) is 18.2 Å². The van der Waals surface area contributed by atoms with Gasteiger partial charge in [-0.3, -0.25) is 10.1 Å². The van der Waals surface area contributed by atoms with Gasteiger partial charge in [-0.05, 0) is 31.5 Å². The van der Waals surface area contributed by atoms with Crippen molar-refractivity contribution in [1.82, 2.24) is 9.62 Å². The Kier molecular flexibility index (Phi) is 6.09. The number of nitrogens with one attached hydrogen (secondary N) is 1. The van der Waals surface area contributed by atoms with Crippen LogP contribution in [-0.2, 0) is 10.0 Å². The Bertz CT molecular complexity index is 613. The van der Waals surface area contributed by atoms with Gasteiger partial charge in [0.15, 0.2) is 0 Å². The molecule has 7 nitrogen and oxygen atoms in total. The van der Waals surface area contributed by atoms with Crippen LogP contribution in [-0.4, -0.2) is 43.8 Å². The van der Waals surface area contributed by atoms with Crippen molar-refractivity contribution in [2.75, 3.05) is 26.2 Å². The monoisotopic (exact) mass is 335 g/mol. The van der Waals surface area contributed by atoms with Crippen molar-refractivity contribution in [3.8, 4) is 0 Å². The van der Waals surface area contributed by atoms with Gasteiger partial charge < -0.3 is 5.32 Å². The summed E-state index contributed by atoms with van der Waals surface area (Å²) in [6.45, 7) is 3.87. The molecule has 21 heavy (non-hydrogen) atoms. The number of non-ortho nitro benzene ring substituents is 1. The molecule has 0 aliphatic carbocycles. The van der Waals surface area contributed by atoms with Crippen LogP contribution in [0.5, 0.6) is 0 Å². The average Bonchev–Trinajstić information content (AvgIpc) is 2.67. The number of aryl methyl sites for hydroxylation is 1. The summed E-state index contributed by atoms with van der Waals surface area (Å²) < 4.78 is 26.6. The highest BCUT2D eigenvalue weighted by molar-refractivity contribution is 7.89. The van der Waals surface area contributed by atoms with Crippen LogP contribution in [0.1, 0.15) is 12.0 Å². The molecule has 1 fully saturated rings. The number of hydrogen-bond donors (Lipinski definition) is 1. The highest BCUT2D eigenvalue weighted by Crippen LogP contribution is 2.24. The molecule has 0 amide bonds. The average molecular weight is 336 g/mol. The zero-order valence-corrected chi connectivity index (χ0v) is 13.2. The number of nitrogens with zero attached hydrogens (tertiary/aromatic N) is 2. The number of hydrogen-bond acceptors (Lipinski definition) is 5. The molecule has 1 saturated heterocycles. The molecule has 0 unspecified atom stereocenters. The summed E-state index contributed by atoms with van der Waals surface area (Å²) in [5.74, 6) is 0. The van der Waals surface area contributed by atoms with Crippen LogP contribution in [0, 0.1) is 17.0 Å². The first-order chi connectivity index (χ1) is 9.43. The molecule has 1 aromatic carbocycles. The van der Waals surface area contributed by atoms with Crippen LogP contribution in [0.3, 0.4) is 0 Å². The minimum Gasteiger partial charge on any atom is -0.315 e. The SMILES string of the molecule is Cc1cc([N+](=O)[O-])ccc1S(=O)(=O)N1CCCNCC1.Cl. The van der Waals surface area contributed by atoms with E-state index in [1.54, 1.807) is 6.92 Å². The topological polar surface area (TPSA) is 92.5 Å². The zero-order chi connectivity index (χ0) is 14.8. The summed E-state index contributed by atoms with van der Waals surface area (Å²) in [6.07, 6.45) is 0.755. The summed E-state index contributed by atoms with van der Waals surface area (Å²) in [5.41, 5.74) is 0.301. The van der Waals surface area contributed by atoms with E-state index in [2.05, 4.69) is 5.32 Å². The number of nitro benzene ring substituents is 1. The van der Waals surface area contributed by atoms with Gasteiger partial charge in [0.05, 0.1) is 9.82 Å². The van der Waals surface area contributed by atoms with Crippen molar-refractivity contribution in [2.24, 2.45) is 0 Å². The van der Waals surface area contributed by atoms with E-state index in [1.165, 1.54) is 22.5 Å². The molecular formula is C12H18ClN3O4S. The number of rotatable bonds is 3. The van der Waals surface area contributed by atoms with Gasteiger partial charge in [0.25, 0.3) is 5.69 Å². The molecule has 1 aliphatic rings. The Morgan fingerprint density at radius 1 is 1.29 bits per heavy atom. The summed E-state index contributed by atoms with van der Waals surface area (Å²) in [5, 5.41) is 13.8. The summed E-state index contributed by atoms with van der Waals surface area (Å²) in [4.78, 5) is 10.3. The maximum absolute atomic E-state index is 12.6. The Morgan fingerprint density at radius 3 is 2.62 bits per heavy atom. The van der Waals surface area contributed by atoms with Crippen LogP contribution in [0.25, 0.3) is 0 Å². The Labute approximate surface area is 129 Å². The summed E-state index contributed by atoms with van der Waals surface area (Å²) in [6, 6.07) is 3.85. The first-order valence-corrected chi connectivity index (χ1v) is 7.83. The third kappa shape index (κ3) is 3.91. The molecule has 0 atom stereocenters. The minimum atomic E-state index is -3.59. The molecule has 1 heterocycles. The fraction of sp³-hybridized carbons (Fsp3) is 0.500. The second-order valence-electron chi connectivity index (χ2n) is 4.71. The normalized spacial score (nSPS) is 16.8. The maximum Gasteiger partial charge on any atom is 0.269 e. The molecule has 118 valence electrons. The van der Waals surface area contributed by atoms with E-state index >= 15 is 0 Å². The number of sulfonamides is 1. The lowest BCUT2D eigenvalue weighted by Crippen LogP contribution is -2.34. The first kappa shape index (κ1) is 17.8. The molecule has 0 radical (unpaired) electrons. The highest BCUT2D eigenvalue weighted by atomic mass is 35.5. The van der Waals surface area contributed by atoms with Crippen LogP contribution >= 0.6 is 12.4 Å². The quantitative estimate of drug-likeness (QED) is 0.664. The lowest BCUT2D eigenvalue weighted by atomic mass is 10.2. The van der Waals surface area contributed by atoms with Crippen molar-refractivity contribution < 1.29 is 13.3 Å². The Morgan fingerprint density at radius 2 is 2.00 bits per heavy atom. The molecule has 0 saturated carbocycles. The van der Waals surface area contributed by atoms with Gasteiger partial charge in [0.1, 0.15) is 0 Å². The molecular weight excluding hydrogens is 318 g/mol. The molecule has 0 spiro atoms. The molecule has 1 aliphatic heterocycles. The predicted octanol–water partition coefficient (Wildman–Crippen LogP) is 1.31. The van der Waals surface area contributed by atoms with E-state index in [0.717, 1.165) is 13.0 Å². The molecule has 0 bridgehead atoms. The number of benzene rings is 1. The first-order valence-electron chi connectivity index (χ1n) is 6.39. The second-order valence-corrected chi connectivity index (χ2v) is 6.62. The zero-order valence-electron chi connectivity index (χ0n) is 11.6. The lowest BCUT2D eigenvalue weighted by Gasteiger charge is -2.20. The fourth-order valence-electron chi connectivity index (χ4n) is 2.24. The maximum atomic E-state index is 12.6. The van der Waals surface area contributed by atoms with Crippen LogP contribution in [0.15, 0.2) is 23.1 Å². The van der Waals surface area contributed by atoms with E-state index in [0.29, 0.717) is 25.2 Å². The predicted molar refractivity (Wildman–Crippen MR) is 81.3 cm³/mol. The van der Waals surface area contributed by atoms with Gasteiger partial charge in [0, 0.05) is 31.8 Å². The van der Waals surface area contributed by atoms with Gasteiger partial charge in [0.2, 0.25) is 10.0 Å². The summed E-state index contributed by atoms with van der Waals surface area (Å²) >= 11 is 0. The largest absolute Gasteiger partial charge is 0.315 e. The van der Waals surface area contributed by atoms with E-state index in [4.69, 9.17) is 0 Å². The smallest absolute Gasteiger partial charge is 0.269 e. The third-order valence-corrected chi connectivity index (χ3v) is 5.35. The van der Waals surface area contributed by atoms with Gasteiger partial charge in [-0.25, -0.2) is 8.42 Å².